The standard InChI is InChI=1S/C10H20N2O/c1-4-5-6-7-11-10(13)12-8-9(2)3/h8H,4-7H2,1-3H3,(H2,11,12,13). The molecule has 0 aromatic carbocycles. The van der Waals surface area contributed by atoms with Crippen LogP contribution in [0.5, 0.6) is 0 Å². The van der Waals surface area contributed by atoms with Gasteiger partial charge in [0.15, 0.2) is 0 Å². The summed E-state index contributed by atoms with van der Waals surface area (Å²) in [7, 11) is 0. The van der Waals surface area contributed by atoms with Gasteiger partial charge in [-0.1, -0.05) is 25.3 Å². The maximum atomic E-state index is 11.0. The lowest BCUT2D eigenvalue weighted by Gasteiger charge is -2.03. The molecule has 3 heteroatoms. The second-order valence-corrected chi connectivity index (χ2v) is 3.33. The van der Waals surface area contributed by atoms with E-state index in [-0.39, 0.29) is 6.03 Å². The number of urea groups is 1. The highest BCUT2D eigenvalue weighted by molar-refractivity contribution is 5.74. The normalized spacial score (nSPS) is 9.15. The van der Waals surface area contributed by atoms with Gasteiger partial charge in [-0.25, -0.2) is 4.79 Å². The van der Waals surface area contributed by atoms with Crippen molar-refractivity contribution in [1.82, 2.24) is 10.6 Å². The zero-order valence-electron chi connectivity index (χ0n) is 8.81. The Morgan fingerprint density at radius 3 is 2.54 bits per heavy atom. The molecule has 0 aliphatic carbocycles. The van der Waals surface area contributed by atoms with Crippen molar-refractivity contribution in [2.75, 3.05) is 6.54 Å². The van der Waals surface area contributed by atoms with Crippen LogP contribution in [0.4, 0.5) is 4.79 Å². The SMILES string of the molecule is CCCCCNC(=O)NC=C(C)C. The first-order valence-electron chi connectivity index (χ1n) is 4.84. The van der Waals surface area contributed by atoms with Crippen molar-refractivity contribution in [2.45, 2.75) is 40.0 Å². The zero-order chi connectivity index (χ0) is 10.1. The van der Waals surface area contributed by atoms with Crippen LogP contribution in [0.2, 0.25) is 0 Å². The molecule has 0 fully saturated rings. The maximum absolute atomic E-state index is 11.0. The average Bonchev–Trinajstić information content (AvgIpc) is 2.09. The van der Waals surface area contributed by atoms with E-state index in [4.69, 9.17) is 0 Å². The molecule has 0 atom stereocenters. The Bertz CT molecular complexity index is 172. The van der Waals surface area contributed by atoms with Crippen LogP contribution < -0.4 is 10.6 Å². The number of amides is 2. The summed E-state index contributed by atoms with van der Waals surface area (Å²) in [4.78, 5) is 11.0. The third-order valence-electron chi connectivity index (χ3n) is 1.56. The van der Waals surface area contributed by atoms with Gasteiger partial charge in [-0.2, -0.15) is 0 Å². The van der Waals surface area contributed by atoms with Gasteiger partial charge in [0.1, 0.15) is 0 Å². The molecule has 2 amide bonds. The highest BCUT2D eigenvalue weighted by atomic mass is 16.2. The molecule has 0 rings (SSSR count). The Hall–Kier alpha value is -0.990. The van der Waals surface area contributed by atoms with E-state index in [9.17, 15) is 4.79 Å². The molecule has 0 bridgehead atoms. The Kier molecular flexibility index (Phi) is 7.07. The van der Waals surface area contributed by atoms with E-state index in [1.54, 1.807) is 6.20 Å². The molecule has 2 N–H and O–H groups in total. The van der Waals surface area contributed by atoms with E-state index in [0.29, 0.717) is 0 Å². The van der Waals surface area contributed by atoms with Crippen LogP contribution >= 0.6 is 0 Å². The highest BCUT2D eigenvalue weighted by Gasteiger charge is 1.94. The Morgan fingerprint density at radius 2 is 2.00 bits per heavy atom. The van der Waals surface area contributed by atoms with Gasteiger partial charge in [-0.3, -0.25) is 0 Å². The quantitative estimate of drug-likeness (QED) is 0.633. The summed E-state index contributed by atoms with van der Waals surface area (Å²) >= 11 is 0. The summed E-state index contributed by atoms with van der Waals surface area (Å²) < 4.78 is 0. The first-order chi connectivity index (χ1) is 6.16. The van der Waals surface area contributed by atoms with Crippen molar-refractivity contribution in [3.8, 4) is 0 Å². The van der Waals surface area contributed by atoms with Gasteiger partial charge in [0, 0.05) is 12.7 Å². The van der Waals surface area contributed by atoms with Gasteiger partial charge >= 0.3 is 6.03 Å². The van der Waals surface area contributed by atoms with E-state index in [1.165, 1.54) is 12.8 Å². The summed E-state index contributed by atoms with van der Waals surface area (Å²) in [6.07, 6.45) is 5.11. The van der Waals surface area contributed by atoms with E-state index in [1.807, 2.05) is 13.8 Å². The first-order valence-corrected chi connectivity index (χ1v) is 4.84. The summed E-state index contributed by atoms with van der Waals surface area (Å²) in [5.74, 6) is 0. The molecular formula is C10H20N2O. The largest absolute Gasteiger partial charge is 0.338 e. The number of rotatable bonds is 5. The molecule has 0 unspecified atom stereocenters. The minimum Gasteiger partial charge on any atom is -0.338 e. The maximum Gasteiger partial charge on any atom is 0.318 e. The van der Waals surface area contributed by atoms with Crippen molar-refractivity contribution in [1.29, 1.82) is 0 Å². The topological polar surface area (TPSA) is 41.1 Å². The number of hydrogen-bond acceptors (Lipinski definition) is 1. The van der Waals surface area contributed by atoms with Gasteiger partial charge in [0.25, 0.3) is 0 Å². The van der Waals surface area contributed by atoms with Crippen molar-refractivity contribution in [3.63, 3.8) is 0 Å². The number of carbonyl (C=O) groups excluding carboxylic acids is 1. The number of hydrogen-bond donors (Lipinski definition) is 2. The van der Waals surface area contributed by atoms with Crippen LogP contribution in [0, 0.1) is 0 Å². The fourth-order valence-corrected chi connectivity index (χ4v) is 0.838. The molecule has 0 heterocycles. The van der Waals surface area contributed by atoms with E-state index in [0.717, 1.165) is 18.5 Å². The lowest BCUT2D eigenvalue weighted by molar-refractivity contribution is 0.244. The third-order valence-corrected chi connectivity index (χ3v) is 1.56. The van der Waals surface area contributed by atoms with Gasteiger partial charge in [-0.15, -0.1) is 0 Å². The Morgan fingerprint density at radius 1 is 1.31 bits per heavy atom. The minimum absolute atomic E-state index is 0.114. The van der Waals surface area contributed by atoms with Gasteiger partial charge < -0.3 is 10.6 Å². The zero-order valence-corrected chi connectivity index (χ0v) is 8.81. The number of carbonyl (C=O) groups is 1. The third kappa shape index (κ3) is 8.92. The number of nitrogens with one attached hydrogen (secondary N) is 2. The number of allylic oxidation sites excluding steroid dienone is 1. The first kappa shape index (κ1) is 12.0. The highest BCUT2D eigenvalue weighted by Crippen LogP contribution is 1.90. The number of unbranched alkanes of at least 4 members (excludes halogenated alkanes) is 2. The van der Waals surface area contributed by atoms with Crippen LogP contribution in [0.3, 0.4) is 0 Å². The minimum atomic E-state index is -0.114. The lowest BCUT2D eigenvalue weighted by Crippen LogP contribution is -2.32. The Balaban J connectivity index is 3.36. The van der Waals surface area contributed by atoms with Crippen LogP contribution in [0.15, 0.2) is 11.8 Å². The molecule has 76 valence electrons. The molecule has 13 heavy (non-hydrogen) atoms. The molecule has 0 aromatic heterocycles. The van der Waals surface area contributed by atoms with Crippen molar-refractivity contribution >= 4 is 6.03 Å². The molecule has 0 aromatic rings. The van der Waals surface area contributed by atoms with Gasteiger partial charge in [0.2, 0.25) is 0 Å². The lowest BCUT2D eigenvalue weighted by atomic mass is 10.2. The summed E-state index contributed by atoms with van der Waals surface area (Å²) in [5.41, 5.74) is 1.09. The second kappa shape index (κ2) is 7.65. The fourth-order valence-electron chi connectivity index (χ4n) is 0.838. The van der Waals surface area contributed by atoms with Crippen molar-refractivity contribution in [2.24, 2.45) is 0 Å². The summed E-state index contributed by atoms with van der Waals surface area (Å²) in [6.45, 7) is 6.79. The predicted octanol–water partition coefficient (Wildman–Crippen LogP) is 2.40. The molecule has 0 spiro atoms. The van der Waals surface area contributed by atoms with Crippen LogP contribution in [-0.2, 0) is 0 Å². The van der Waals surface area contributed by atoms with E-state index < -0.39 is 0 Å². The molecule has 0 saturated heterocycles. The van der Waals surface area contributed by atoms with E-state index >= 15 is 0 Å². The van der Waals surface area contributed by atoms with Crippen LogP contribution in [0.1, 0.15) is 40.0 Å². The molecule has 0 radical (unpaired) electrons. The Labute approximate surface area is 80.6 Å². The van der Waals surface area contributed by atoms with Crippen molar-refractivity contribution in [3.05, 3.63) is 11.8 Å². The van der Waals surface area contributed by atoms with Gasteiger partial charge in [0.05, 0.1) is 0 Å². The van der Waals surface area contributed by atoms with E-state index in [2.05, 4.69) is 17.6 Å². The molecule has 0 saturated carbocycles. The monoisotopic (exact) mass is 184 g/mol. The van der Waals surface area contributed by atoms with Crippen LogP contribution in [-0.4, -0.2) is 12.6 Å². The molecule has 0 aliphatic rings. The second-order valence-electron chi connectivity index (χ2n) is 3.33. The predicted molar refractivity (Wildman–Crippen MR) is 55.5 cm³/mol. The molecular weight excluding hydrogens is 164 g/mol. The van der Waals surface area contributed by atoms with Crippen molar-refractivity contribution < 1.29 is 4.79 Å². The average molecular weight is 184 g/mol. The fraction of sp³-hybridized carbons (Fsp3) is 0.700. The molecule has 0 aliphatic heterocycles. The summed E-state index contributed by atoms with van der Waals surface area (Å²) in [5, 5.41) is 5.43. The smallest absolute Gasteiger partial charge is 0.318 e. The molecule has 3 nitrogen and oxygen atoms in total. The van der Waals surface area contributed by atoms with Gasteiger partial charge in [-0.05, 0) is 20.3 Å². The van der Waals surface area contributed by atoms with Crippen LogP contribution in [0.25, 0.3) is 0 Å². The summed E-state index contributed by atoms with van der Waals surface area (Å²) in [6, 6.07) is -0.114.